The quantitative estimate of drug-likeness (QED) is 0.393. The Labute approximate surface area is 118 Å². The van der Waals surface area contributed by atoms with Crippen LogP contribution in [0.5, 0.6) is 0 Å². The van der Waals surface area contributed by atoms with Gasteiger partial charge in [0, 0.05) is 5.56 Å². The number of aliphatic imine (C=N–C) groups is 1. The maximum atomic E-state index is 12.3. The summed E-state index contributed by atoms with van der Waals surface area (Å²) in [5.74, 6) is -1.41. The van der Waals surface area contributed by atoms with Crippen molar-refractivity contribution in [3.63, 3.8) is 0 Å². The number of carbonyl (C=O) groups excluding carboxylic acids is 1. The van der Waals surface area contributed by atoms with Crippen LogP contribution in [0.4, 0.5) is 13.2 Å². The molecule has 0 aliphatic rings. The third kappa shape index (κ3) is 9.40. The van der Waals surface area contributed by atoms with E-state index in [0.717, 1.165) is 12.1 Å². The van der Waals surface area contributed by atoms with Gasteiger partial charge in [-0.2, -0.15) is 26.6 Å². The molecule has 21 heavy (non-hydrogen) atoms. The fraction of sp³-hybridized carbons (Fsp3) is 0.200. The van der Waals surface area contributed by atoms with E-state index >= 15 is 0 Å². The van der Waals surface area contributed by atoms with Crippen LogP contribution in [0, 0.1) is 0 Å². The molecule has 0 aliphatic carbocycles. The molecule has 0 spiro atoms. The Kier molecular flexibility index (Phi) is 6.32. The van der Waals surface area contributed by atoms with Gasteiger partial charge in [-0.25, -0.2) is 0 Å². The minimum Gasteiger partial charge on any atom is -0.370 e. The van der Waals surface area contributed by atoms with Gasteiger partial charge in [-0.05, 0) is 18.2 Å². The van der Waals surface area contributed by atoms with Crippen LogP contribution in [0.3, 0.4) is 0 Å². The minimum absolute atomic E-state index is 0.219. The Morgan fingerprint density at radius 2 is 1.76 bits per heavy atom. The molecule has 0 radical (unpaired) electrons. The van der Waals surface area contributed by atoms with Gasteiger partial charge < -0.3 is 11.5 Å². The Balaban J connectivity index is 0.000000690. The van der Waals surface area contributed by atoms with Crippen LogP contribution in [0.1, 0.15) is 15.9 Å². The van der Waals surface area contributed by atoms with Crippen LogP contribution in [-0.4, -0.2) is 31.1 Å². The number of hydrogen-bond donors (Lipinski definition) is 3. The number of benzene rings is 1. The zero-order valence-corrected chi connectivity index (χ0v) is 11.4. The topological polar surface area (TPSA) is 136 Å². The lowest BCUT2D eigenvalue weighted by atomic mass is 10.1. The molecule has 1 aromatic carbocycles. The summed E-state index contributed by atoms with van der Waals surface area (Å²) in [7, 11) is -3.67. The molecule has 0 atom stereocenters. The molecule has 1 amide bonds. The first-order valence-electron chi connectivity index (χ1n) is 5.04. The number of carbonyl (C=O) groups is 1. The van der Waals surface area contributed by atoms with Gasteiger partial charge in [-0.3, -0.25) is 9.35 Å². The lowest BCUT2D eigenvalue weighted by Gasteiger charge is -2.06. The van der Waals surface area contributed by atoms with Crippen molar-refractivity contribution in [1.82, 2.24) is 0 Å². The average molecular weight is 327 g/mol. The van der Waals surface area contributed by atoms with Crippen molar-refractivity contribution in [2.75, 3.05) is 6.26 Å². The van der Waals surface area contributed by atoms with Gasteiger partial charge in [0.25, 0.3) is 16.0 Å². The van der Waals surface area contributed by atoms with Crippen molar-refractivity contribution in [3.05, 3.63) is 35.4 Å². The van der Waals surface area contributed by atoms with E-state index in [9.17, 15) is 26.4 Å². The summed E-state index contributed by atoms with van der Waals surface area (Å²) in [6, 6.07) is 3.85. The van der Waals surface area contributed by atoms with Crippen molar-refractivity contribution in [3.8, 4) is 0 Å². The van der Waals surface area contributed by atoms with E-state index in [0.29, 0.717) is 12.3 Å². The van der Waals surface area contributed by atoms with Gasteiger partial charge in [0.15, 0.2) is 5.96 Å². The van der Waals surface area contributed by atoms with Crippen molar-refractivity contribution in [2.24, 2.45) is 16.5 Å². The standard InChI is InChI=1S/C9H8F3N3O.CH4O3S/c10-9(11,12)6-3-1-2-5(4-6)7(16)15-8(13)14;1-5(2,3)4/h1-4H,(H4,13,14,15,16);1H3,(H,2,3,4). The first-order valence-corrected chi connectivity index (χ1v) is 6.89. The molecular formula is C10H12F3N3O4S. The summed E-state index contributed by atoms with van der Waals surface area (Å²) in [5, 5.41) is 0. The third-order valence-electron chi connectivity index (χ3n) is 1.67. The monoisotopic (exact) mass is 327 g/mol. The van der Waals surface area contributed by atoms with Crippen LogP contribution >= 0.6 is 0 Å². The van der Waals surface area contributed by atoms with Gasteiger partial charge in [0.2, 0.25) is 0 Å². The van der Waals surface area contributed by atoms with Gasteiger partial charge in [-0.1, -0.05) is 6.07 Å². The van der Waals surface area contributed by atoms with Crippen molar-refractivity contribution < 1.29 is 30.9 Å². The number of guanidine groups is 1. The summed E-state index contributed by atoms with van der Waals surface area (Å²) < 4.78 is 62.8. The molecule has 0 saturated heterocycles. The molecule has 1 rings (SSSR count). The summed E-state index contributed by atoms with van der Waals surface area (Å²) in [6.07, 6.45) is -3.79. The predicted molar refractivity (Wildman–Crippen MR) is 69.1 cm³/mol. The van der Waals surface area contributed by atoms with Crippen LogP contribution in [-0.2, 0) is 16.3 Å². The van der Waals surface area contributed by atoms with Crippen LogP contribution in [0.2, 0.25) is 0 Å². The van der Waals surface area contributed by atoms with Crippen LogP contribution < -0.4 is 11.5 Å². The SMILES string of the molecule is CS(=O)(=O)O.NC(N)=NC(=O)c1cccc(C(F)(F)F)c1. The molecule has 118 valence electrons. The summed E-state index contributed by atoms with van der Waals surface area (Å²) in [5.41, 5.74) is 8.73. The predicted octanol–water partition coefficient (Wildman–Crippen LogP) is 0.623. The highest BCUT2D eigenvalue weighted by molar-refractivity contribution is 7.85. The maximum Gasteiger partial charge on any atom is 0.416 e. The second-order valence-electron chi connectivity index (χ2n) is 3.65. The van der Waals surface area contributed by atoms with Gasteiger partial charge in [0.05, 0.1) is 11.8 Å². The largest absolute Gasteiger partial charge is 0.416 e. The zero-order valence-electron chi connectivity index (χ0n) is 10.6. The molecule has 7 nitrogen and oxygen atoms in total. The molecule has 11 heteroatoms. The normalized spacial score (nSPS) is 11.1. The Morgan fingerprint density at radius 3 is 2.14 bits per heavy atom. The molecule has 0 aromatic heterocycles. The second kappa shape index (κ2) is 7.04. The number of alkyl halides is 3. The Bertz CT molecular complexity index is 629. The van der Waals surface area contributed by atoms with Crippen molar-refractivity contribution in [1.29, 1.82) is 0 Å². The van der Waals surface area contributed by atoms with Crippen molar-refractivity contribution in [2.45, 2.75) is 6.18 Å². The molecule has 0 fully saturated rings. The number of halogens is 3. The van der Waals surface area contributed by atoms with Gasteiger partial charge >= 0.3 is 6.18 Å². The molecule has 0 aliphatic heterocycles. The summed E-state index contributed by atoms with van der Waals surface area (Å²) in [4.78, 5) is 14.4. The number of nitrogens with two attached hydrogens (primary N) is 2. The third-order valence-corrected chi connectivity index (χ3v) is 1.67. The highest BCUT2D eigenvalue weighted by Crippen LogP contribution is 2.29. The maximum absolute atomic E-state index is 12.3. The van der Waals surface area contributed by atoms with E-state index in [1.807, 2.05) is 0 Å². The van der Waals surface area contributed by atoms with Gasteiger partial charge in [0.1, 0.15) is 0 Å². The number of nitrogens with zero attached hydrogens (tertiary/aromatic N) is 1. The minimum atomic E-state index is -4.51. The lowest BCUT2D eigenvalue weighted by Crippen LogP contribution is -2.24. The molecule has 1 aromatic rings. The molecule has 0 unspecified atom stereocenters. The van der Waals surface area contributed by atoms with E-state index in [4.69, 9.17) is 16.0 Å². The fourth-order valence-electron chi connectivity index (χ4n) is 1.01. The second-order valence-corrected chi connectivity index (χ2v) is 5.12. The van der Waals surface area contributed by atoms with Crippen LogP contribution in [0.25, 0.3) is 0 Å². The van der Waals surface area contributed by atoms with E-state index in [-0.39, 0.29) is 5.56 Å². The van der Waals surface area contributed by atoms with E-state index in [2.05, 4.69) is 4.99 Å². The van der Waals surface area contributed by atoms with Gasteiger partial charge in [-0.15, -0.1) is 0 Å². The summed E-state index contributed by atoms with van der Waals surface area (Å²) >= 11 is 0. The van der Waals surface area contributed by atoms with E-state index < -0.39 is 33.7 Å². The Morgan fingerprint density at radius 1 is 1.29 bits per heavy atom. The number of hydrogen-bond acceptors (Lipinski definition) is 3. The molecule has 0 saturated carbocycles. The van der Waals surface area contributed by atoms with Crippen LogP contribution in [0.15, 0.2) is 29.3 Å². The van der Waals surface area contributed by atoms with Crippen molar-refractivity contribution >= 4 is 22.0 Å². The molecule has 0 bridgehead atoms. The highest BCUT2D eigenvalue weighted by atomic mass is 32.2. The van der Waals surface area contributed by atoms with E-state index in [1.165, 1.54) is 6.07 Å². The Hall–Kier alpha value is -2.14. The smallest absolute Gasteiger partial charge is 0.370 e. The number of rotatable bonds is 1. The lowest BCUT2D eigenvalue weighted by molar-refractivity contribution is -0.137. The first kappa shape index (κ1) is 18.9. The first-order chi connectivity index (χ1) is 9.30. The molecular weight excluding hydrogens is 315 g/mol. The molecule has 0 heterocycles. The molecule has 5 N–H and O–H groups in total. The fourth-order valence-corrected chi connectivity index (χ4v) is 1.01. The number of amides is 1. The average Bonchev–Trinajstić information content (AvgIpc) is 2.25. The zero-order chi connectivity index (χ0) is 16.8. The van der Waals surface area contributed by atoms with E-state index in [1.54, 1.807) is 0 Å². The summed E-state index contributed by atoms with van der Waals surface area (Å²) in [6.45, 7) is 0. The highest BCUT2D eigenvalue weighted by Gasteiger charge is 2.30.